The molecule has 0 bridgehead atoms. The molecule has 13 heavy (non-hydrogen) atoms. The van der Waals surface area contributed by atoms with Crippen molar-refractivity contribution in [1.82, 2.24) is 0 Å². The number of fused-ring (bicyclic) bond motifs is 1. The molecule has 0 spiro atoms. The topological polar surface area (TPSA) is 56.3 Å². The molecule has 0 radical (unpaired) electrons. The van der Waals surface area contributed by atoms with Gasteiger partial charge in [-0.2, -0.15) is 0 Å². The second kappa shape index (κ2) is 3.01. The van der Waals surface area contributed by atoms with Gasteiger partial charge in [-0.1, -0.05) is 0 Å². The zero-order chi connectivity index (χ0) is 9.26. The molecule has 0 atom stereocenters. The van der Waals surface area contributed by atoms with Crippen LogP contribution in [0.5, 0.6) is 0 Å². The molecule has 0 aliphatic rings. The van der Waals surface area contributed by atoms with Crippen LogP contribution in [-0.2, 0) is 6.54 Å². The molecule has 4 nitrogen and oxygen atoms in total. The summed E-state index contributed by atoms with van der Waals surface area (Å²) in [5, 5.41) is 12.0. The second-order valence-corrected chi connectivity index (χ2v) is 2.74. The Kier molecular flexibility index (Phi) is 1.85. The molecule has 64 valence electrons. The van der Waals surface area contributed by atoms with Gasteiger partial charge in [0.2, 0.25) is 0 Å². The zero-order valence-electron chi connectivity index (χ0n) is 6.77. The van der Waals surface area contributed by atoms with Gasteiger partial charge in [-0.15, -0.1) is 0 Å². The van der Waals surface area contributed by atoms with Gasteiger partial charge in [0, 0.05) is 0 Å². The molecule has 0 saturated carbocycles. The predicted octanol–water partition coefficient (Wildman–Crippen LogP) is 1.55. The first-order valence-electron chi connectivity index (χ1n) is 3.84. The molecule has 1 aromatic carbocycles. The molecular formula is C8H6BNO3. The Balaban J connectivity index is 2.51. The van der Waals surface area contributed by atoms with Crippen molar-refractivity contribution in [3.05, 3.63) is 40.1 Å². The number of benzene rings is 1. The summed E-state index contributed by atoms with van der Waals surface area (Å²) in [6.07, 6.45) is 0. The normalized spacial score (nSPS) is 10.2. The first-order valence-corrected chi connectivity index (χ1v) is 3.84. The first-order chi connectivity index (χ1) is 6.27. The van der Waals surface area contributed by atoms with Gasteiger partial charge in [0.1, 0.15) is 0 Å². The fourth-order valence-corrected chi connectivity index (χ4v) is 1.29. The summed E-state index contributed by atoms with van der Waals surface area (Å²) in [5.41, 5.74) is 0. The number of nitro groups is 1. The van der Waals surface area contributed by atoms with Gasteiger partial charge in [0.25, 0.3) is 0 Å². The monoisotopic (exact) mass is 175 g/mol. The fourth-order valence-electron chi connectivity index (χ4n) is 1.29. The van der Waals surface area contributed by atoms with Gasteiger partial charge in [0.05, 0.1) is 0 Å². The first kappa shape index (κ1) is 7.98. The van der Waals surface area contributed by atoms with E-state index in [0.29, 0.717) is 5.76 Å². The van der Waals surface area contributed by atoms with E-state index < -0.39 is 4.92 Å². The Labute approximate surface area is 74.6 Å². The third-order valence-corrected chi connectivity index (χ3v) is 1.86. The third kappa shape index (κ3) is 1.45. The molecule has 0 saturated heterocycles. The van der Waals surface area contributed by atoms with Crippen molar-refractivity contribution < 1.29 is 9.25 Å². The molecule has 2 rings (SSSR count). The van der Waals surface area contributed by atoms with Crippen LogP contribution in [0.25, 0.3) is 10.7 Å². The van der Waals surface area contributed by atoms with Gasteiger partial charge in [-0.05, 0) is 0 Å². The molecule has 1 heterocycles. The maximum absolute atomic E-state index is 10.3. The zero-order valence-corrected chi connectivity index (χ0v) is 6.77. The van der Waals surface area contributed by atoms with Crippen molar-refractivity contribution in [2.24, 2.45) is 0 Å². The summed E-state index contributed by atoms with van der Waals surface area (Å²) >= 11 is 0. The van der Waals surface area contributed by atoms with E-state index in [1.54, 1.807) is 0 Å². The minimum atomic E-state index is -0.398. The van der Waals surface area contributed by atoms with Crippen molar-refractivity contribution in [1.29, 1.82) is 0 Å². The number of hydrogen-bond acceptors (Lipinski definition) is 3. The van der Waals surface area contributed by atoms with Gasteiger partial charge >= 0.3 is 73.7 Å². The number of hydrogen-bond donors (Lipinski definition) is 0. The van der Waals surface area contributed by atoms with Crippen LogP contribution in [0.1, 0.15) is 5.76 Å². The Morgan fingerprint density at radius 2 is 2.23 bits per heavy atom. The Hall–Kier alpha value is -1.65. The van der Waals surface area contributed by atoms with Gasteiger partial charge in [0.15, 0.2) is 0 Å². The number of rotatable bonds is 2. The average Bonchev–Trinajstić information content (AvgIpc) is 2.48. The molecule has 0 N–H and O–H groups in total. The summed E-state index contributed by atoms with van der Waals surface area (Å²) in [4.78, 5) is 9.86. The molecule has 0 aliphatic heterocycles. The van der Waals surface area contributed by atoms with Crippen molar-refractivity contribution in [3.63, 3.8) is 0 Å². The summed E-state index contributed by atoms with van der Waals surface area (Å²) in [7, 11) is 1.54. The molecule has 1 aromatic heterocycles. The van der Waals surface area contributed by atoms with Crippen LogP contribution in [0.3, 0.4) is 0 Å². The summed E-state index contributed by atoms with van der Waals surface area (Å²) in [6.45, 7) is -0.256. The van der Waals surface area contributed by atoms with Crippen molar-refractivity contribution in [2.45, 2.75) is 6.54 Å². The van der Waals surface area contributed by atoms with E-state index in [2.05, 4.69) is 0 Å². The minimum absolute atomic E-state index is 0.256. The molecule has 2 aromatic rings. The van der Waals surface area contributed by atoms with Crippen molar-refractivity contribution in [2.75, 3.05) is 0 Å². The van der Waals surface area contributed by atoms with Crippen LogP contribution >= 0.6 is 0 Å². The van der Waals surface area contributed by atoms with Crippen molar-refractivity contribution in [3.8, 4) is 0 Å². The van der Waals surface area contributed by atoms with Gasteiger partial charge < -0.3 is 0 Å². The Morgan fingerprint density at radius 1 is 1.46 bits per heavy atom. The quantitative estimate of drug-likeness (QED) is 0.513. The standard InChI is InChI=1S/C8H6BNO3/c11-10(12)5-8-6-3-1-2-4-7(6)9-13-8/h1-4H,5H2. The molecule has 0 fully saturated rings. The maximum atomic E-state index is 10.3. The van der Waals surface area contributed by atoms with Gasteiger partial charge in [-0.3, -0.25) is 0 Å². The van der Waals surface area contributed by atoms with E-state index in [1.807, 2.05) is 24.3 Å². The molecule has 5 heteroatoms. The Bertz CT molecular complexity index is 451. The van der Waals surface area contributed by atoms with E-state index in [9.17, 15) is 10.1 Å². The summed E-state index contributed by atoms with van der Waals surface area (Å²) < 4.78 is 5.08. The fraction of sp³-hybridized carbons (Fsp3) is 0.125. The van der Waals surface area contributed by atoms with E-state index in [0.717, 1.165) is 10.7 Å². The molecule has 0 aliphatic carbocycles. The third-order valence-electron chi connectivity index (χ3n) is 1.86. The van der Waals surface area contributed by atoms with Crippen LogP contribution in [-0.4, -0.2) is 12.0 Å². The molecule has 0 amide bonds. The van der Waals surface area contributed by atoms with Crippen LogP contribution in [0.2, 0.25) is 0 Å². The van der Waals surface area contributed by atoms with Crippen LogP contribution in [0, 0.1) is 10.1 Å². The van der Waals surface area contributed by atoms with Crippen LogP contribution in [0.15, 0.2) is 28.6 Å². The second-order valence-electron chi connectivity index (χ2n) is 2.74. The number of nitrogens with zero attached hydrogens (tertiary/aromatic N) is 1. The van der Waals surface area contributed by atoms with E-state index >= 15 is 0 Å². The van der Waals surface area contributed by atoms with E-state index in [4.69, 9.17) is 4.33 Å². The summed E-state index contributed by atoms with van der Waals surface area (Å²) in [6, 6.07) is 7.38. The van der Waals surface area contributed by atoms with E-state index in [1.165, 1.54) is 7.13 Å². The van der Waals surface area contributed by atoms with Gasteiger partial charge in [-0.25, -0.2) is 0 Å². The molecule has 0 unspecified atom stereocenters. The summed E-state index contributed by atoms with van der Waals surface area (Å²) in [5.74, 6) is 0.417. The molecular weight excluding hydrogens is 169 g/mol. The Morgan fingerprint density at radius 3 is 3.00 bits per heavy atom. The van der Waals surface area contributed by atoms with Crippen molar-refractivity contribution >= 4 is 17.8 Å². The van der Waals surface area contributed by atoms with Crippen LogP contribution < -0.4 is 0 Å². The SMILES string of the molecule is O=[N+]([O-])Cc1obc2ccccc12. The van der Waals surface area contributed by atoms with Crippen LogP contribution in [0.4, 0.5) is 0 Å². The van der Waals surface area contributed by atoms with E-state index in [-0.39, 0.29) is 6.54 Å². The predicted molar refractivity (Wildman–Crippen MR) is 48.3 cm³/mol. The average molecular weight is 175 g/mol.